The Morgan fingerprint density at radius 3 is 1.86 bits per heavy atom. The summed E-state index contributed by atoms with van der Waals surface area (Å²) in [6.07, 6.45) is 26.1. The van der Waals surface area contributed by atoms with E-state index in [0.717, 1.165) is 32.5 Å². The van der Waals surface area contributed by atoms with Gasteiger partial charge in [-0.05, 0) is 26.2 Å². The Bertz CT molecular complexity index is 444. The summed E-state index contributed by atoms with van der Waals surface area (Å²) in [5.74, 6) is 1.20. The first-order valence-electron chi connectivity index (χ1n) is 12.9. The van der Waals surface area contributed by atoms with Gasteiger partial charge in [0.2, 0.25) is 5.84 Å². The van der Waals surface area contributed by atoms with Crippen LogP contribution >= 0.6 is 0 Å². The Morgan fingerprint density at radius 2 is 1.34 bits per heavy atom. The predicted octanol–water partition coefficient (Wildman–Crippen LogP) is 7.39. The van der Waals surface area contributed by atoms with Crippen LogP contribution in [0, 0.1) is 0 Å². The smallest absolute Gasteiger partial charge is 0.200 e. The lowest BCUT2D eigenvalue weighted by atomic mass is 10.0. The lowest BCUT2D eigenvalue weighted by Gasteiger charge is -2.36. The molecule has 3 nitrogen and oxygen atoms in total. The largest absolute Gasteiger partial charge is 0.345 e. The van der Waals surface area contributed by atoms with Gasteiger partial charge in [0.15, 0.2) is 6.23 Å². The van der Waals surface area contributed by atoms with Crippen molar-refractivity contribution in [2.75, 3.05) is 19.6 Å². The van der Waals surface area contributed by atoms with Crippen LogP contribution in [-0.2, 0) is 0 Å². The van der Waals surface area contributed by atoms with Gasteiger partial charge in [-0.1, -0.05) is 96.1 Å². The normalized spacial score (nSPS) is 20.5. The highest BCUT2D eigenvalue weighted by atomic mass is 16.3. The van der Waals surface area contributed by atoms with Gasteiger partial charge in [0.1, 0.15) is 6.54 Å². The zero-order chi connectivity index (χ0) is 21.2. The van der Waals surface area contributed by atoms with Crippen LogP contribution in [0.4, 0.5) is 0 Å². The summed E-state index contributed by atoms with van der Waals surface area (Å²) < 4.78 is 0.687. The molecule has 1 aliphatic rings. The van der Waals surface area contributed by atoms with E-state index in [1.807, 2.05) is 6.92 Å². The molecule has 3 heteroatoms. The second-order valence-electron chi connectivity index (χ2n) is 9.05. The summed E-state index contributed by atoms with van der Waals surface area (Å²) in [6.45, 7) is 9.15. The average Bonchev–Trinajstić information content (AvgIpc) is 3.14. The minimum Gasteiger partial charge on any atom is -0.345 e. The van der Waals surface area contributed by atoms with Crippen LogP contribution in [0.2, 0.25) is 0 Å². The first-order valence-corrected chi connectivity index (χ1v) is 12.9. The third kappa shape index (κ3) is 10.8. The molecule has 0 fully saturated rings. The van der Waals surface area contributed by atoms with Gasteiger partial charge in [0, 0.05) is 13.3 Å². The van der Waals surface area contributed by atoms with Gasteiger partial charge in [-0.2, -0.15) is 0 Å². The van der Waals surface area contributed by atoms with Crippen LogP contribution in [0.15, 0.2) is 17.1 Å². The maximum Gasteiger partial charge on any atom is 0.200 e. The number of rotatable bonds is 19. The van der Waals surface area contributed by atoms with Crippen molar-refractivity contribution in [2.45, 2.75) is 130 Å². The summed E-state index contributed by atoms with van der Waals surface area (Å²) in [6, 6.07) is 0. The first kappa shape index (κ1) is 26.4. The van der Waals surface area contributed by atoms with E-state index in [1.165, 1.54) is 95.7 Å². The van der Waals surface area contributed by atoms with Crippen molar-refractivity contribution < 1.29 is 9.59 Å². The highest BCUT2D eigenvalue weighted by molar-refractivity contribution is 5.77. The molecular weight excluding hydrogens is 356 g/mol. The highest BCUT2D eigenvalue weighted by Crippen LogP contribution is 2.22. The zero-order valence-electron chi connectivity index (χ0n) is 20.0. The van der Waals surface area contributed by atoms with Crippen LogP contribution in [-0.4, -0.2) is 41.3 Å². The topological polar surface area (TPSA) is 32.6 Å². The van der Waals surface area contributed by atoms with Crippen molar-refractivity contribution in [2.24, 2.45) is 4.99 Å². The van der Waals surface area contributed by atoms with Crippen LogP contribution in [0.1, 0.15) is 124 Å². The van der Waals surface area contributed by atoms with Crippen molar-refractivity contribution in [3.8, 4) is 0 Å². The van der Waals surface area contributed by atoms with Crippen molar-refractivity contribution in [3.63, 3.8) is 0 Å². The molecule has 0 amide bonds. The van der Waals surface area contributed by atoms with Gasteiger partial charge < -0.3 is 5.11 Å². The number of hydrogen-bond acceptors (Lipinski definition) is 2. The zero-order valence-corrected chi connectivity index (χ0v) is 20.0. The molecule has 2 atom stereocenters. The van der Waals surface area contributed by atoms with Crippen molar-refractivity contribution in [1.29, 1.82) is 0 Å². The van der Waals surface area contributed by atoms with Gasteiger partial charge in [0.05, 0.1) is 13.1 Å². The highest BCUT2D eigenvalue weighted by Gasteiger charge is 2.40. The number of amidine groups is 1. The van der Waals surface area contributed by atoms with Gasteiger partial charge >= 0.3 is 0 Å². The summed E-state index contributed by atoms with van der Waals surface area (Å²) >= 11 is 0. The molecule has 0 bridgehead atoms. The molecule has 1 rings (SSSR count). The lowest BCUT2D eigenvalue weighted by molar-refractivity contribution is -0.882. The quantitative estimate of drug-likeness (QED) is 0.135. The molecule has 29 heavy (non-hydrogen) atoms. The predicted molar refractivity (Wildman–Crippen MR) is 128 cm³/mol. The number of likely N-dealkylation sites (N-methyl/N-ethyl adjacent to an activating group) is 1. The number of hydrogen-bond donors (Lipinski definition) is 1. The number of aliphatic hydroxyl groups excluding tert-OH is 1. The molecule has 0 aromatic carbocycles. The number of nitrogens with zero attached hydrogens (tertiary/aromatic N) is 2. The van der Waals surface area contributed by atoms with E-state index in [-0.39, 0.29) is 6.23 Å². The fraction of sp³-hybridized carbons (Fsp3) is 0.885. The number of allylic oxidation sites excluding steroid dienone is 2. The third-order valence-electron chi connectivity index (χ3n) is 6.76. The van der Waals surface area contributed by atoms with E-state index in [4.69, 9.17) is 0 Å². The summed E-state index contributed by atoms with van der Waals surface area (Å²) in [4.78, 5) is 4.69. The van der Waals surface area contributed by atoms with E-state index in [0.29, 0.717) is 4.48 Å². The maximum absolute atomic E-state index is 10.2. The van der Waals surface area contributed by atoms with E-state index in [1.54, 1.807) is 0 Å². The van der Waals surface area contributed by atoms with Crippen molar-refractivity contribution >= 4 is 5.84 Å². The van der Waals surface area contributed by atoms with Crippen LogP contribution < -0.4 is 0 Å². The second kappa shape index (κ2) is 17.1. The molecule has 0 aromatic heterocycles. The van der Waals surface area contributed by atoms with Crippen LogP contribution in [0.3, 0.4) is 0 Å². The molecule has 2 unspecified atom stereocenters. The lowest BCUT2D eigenvalue weighted by Crippen LogP contribution is -2.56. The van der Waals surface area contributed by atoms with Crippen molar-refractivity contribution in [3.05, 3.63) is 12.2 Å². The SMILES string of the molecule is CCCCCCCCCCCCCCC/C=C/CCC1=NCC[N+]1(CC)C(C)O. The molecule has 1 aliphatic heterocycles. The minimum absolute atomic E-state index is 0.337. The fourth-order valence-electron chi connectivity index (χ4n) is 4.66. The molecule has 170 valence electrons. The average molecular weight is 408 g/mol. The minimum atomic E-state index is -0.337. The van der Waals surface area contributed by atoms with Crippen LogP contribution in [0.25, 0.3) is 0 Å². The summed E-state index contributed by atoms with van der Waals surface area (Å²) in [5, 5.41) is 10.2. The molecule has 0 aliphatic carbocycles. The standard InChI is InChI=1S/C26H51N2O/c1-4-6-7-8-9-10-11-12-13-14-15-16-17-18-19-20-21-22-26-27-23-24-28(26,5-2)25(3)29/h19-20,25,29H,4-18,21-24H2,1-3H3/q+1/b20-19+. The first-order chi connectivity index (χ1) is 14.2. The molecule has 1 heterocycles. The van der Waals surface area contributed by atoms with E-state index in [2.05, 4.69) is 31.0 Å². The van der Waals surface area contributed by atoms with E-state index < -0.39 is 0 Å². The maximum atomic E-state index is 10.2. The van der Waals surface area contributed by atoms with Crippen LogP contribution in [0.5, 0.6) is 0 Å². The number of quaternary nitrogens is 1. The summed E-state index contributed by atoms with van der Waals surface area (Å²) in [7, 11) is 0. The van der Waals surface area contributed by atoms with Gasteiger partial charge in [-0.25, -0.2) is 4.99 Å². The van der Waals surface area contributed by atoms with Crippen molar-refractivity contribution in [1.82, 2.24) is 0 Å². The molecular formula is C26H51N2O+. The fourth-order valence-corrected chi connectivity index (χ4v) is 4.66. The number of unbranched alkanes of at least 4 members (excludes halogenated alkanes) is 13. The molecule has 1 N–H and O–H groups in total. The molecule has 0 saturated heterocycles. The van der Waals surface area contributed by atoms with Gasteiger partial charge in [0.25, 0.3) is 0 Å². The number of aliphatic imine (C=N–C) groups is 1. The molecule has 0 saturated carbocycles. The Hall–Kier alpha value is -0.670. The van der Waals surface area contributed by atoms with E-state index in [9.17, 15) is 5.11 Å². The summed E-state index contributed by atoms with van der Waals surface area (Å²) in [5.41, 5.74) is 0. The Balaban J connectivity index is 1.91. The third-order valence-corrected chi connectivity index (χ3v) is 6.76. The molecule has 0 radical (unpaired) electrons. The van der Waals surface area contributed by atoms with Gasteiger partial charge in [-0.3, -0.25) is 4.48 Å². The Labute approximate surface area is 182 Å². The van der Waals surface area contributed by atoms with E-state index >= 15 is 0 Å². The van der Waals surface area contributed by atoms with Gasteiger partial charge in [-0.15, -0.1) is 0 Å². The monoisotopic (exact) mass is 407 g/mol. The Kier molecular flexibility index (Phi) is 15.5. The Morgan fingerprint density at radius 1 is 0.828 bits per heavy atom. The number of aliphatic hydroxyl groups is 1. The molecule has 0 spiro atoms. The molecule has 0 aromatic rings. The second-order valence-corrected chi connectivity index (χ2v) is 9.05.